The molecule has 0 spiro atoms. The van der Waals surface area contributed by atoms with Gasteiger partial charge in [-0.15, -0.1) is 0 Å². The largest absolute Gasteiger partial charge is 0.422 e. The number of rotatable bonds is 2. The highest BCUT2D eigenvalue weighted by molar-refractivity contribution is 5.86. The van der Waals surface area contributed by atoms with Crippen molar-refractivity contribution in [3.63, 3.8) is 0 Å². The van der Waals surface area contributed by atoms with Crippen LogP contribution in [-0.2, 0) is 29.0 Å². The molecule has 1 atom stereocenters. The van der Waals surface area contributed by atoms with E-state index in [1.54, 1.807) is 0 Å². The minimum atomic E-state index is -0.156. The molecule has 110 valence electrons. The van der Waals surface area contributed by atoms with Crippen molar-refractivity contribution < 1.29 is 14.2 Å². The first-order valence-electron chi connectivity index (χ1n) is 7.59. The van der Waals surface area contributed by atoms with E-state index in [-0.39, 0.29) is 11.7 Å². The van der Waals surface area contributed by atoms with E-state index in [1.807, 2.05) is 13.0 Å². The lowest BCUT2D eigenvalue weighted by Crippen LogP contribution is -2.33. The minimum Gasteiger partial charge on any atom is -0.422 e. The van der Waals surface area contributed by atoms with E-state index in [2.05, 4.69) is 6.07 Å². The Hall–Kier alpha value is -1.65. The van der Waals surface area contributed by atoms with E-state index >= 15 is 0 Å². The smallest absolute Gasteiger partial charge is 0.339 e. The van der Waals surface area contributed by atoms with Crippen molar-refractivity contribution in [2.24, 2.45) is 0 Å². The molecular formula is C17H18O4. The molecule has 0 bridgehead atoms. The topological polar surface area (TPSA) is 48.7 Å². The second-order valence-electron chi connectivity index (χ2n) is 6.06. The monoisotopic (exact) mass is 286 g/mol. The molecule has 4 rings (SSSR count). The maximum atomic E-state index is 12.2. The average Bonchev–Trinajstić information content (AvgIpc) is 2.42. The Bertz CT molecular complexity index is 755. The van der Waals surface area contributed by atoms with Crippen LogP contribution in [0.15, 0.2) is 21.3 Å². The van der Waals surface area contributed by atoms with Crippen molar-refractivity contribution in [2.75, 3.05) is 6.61 Å². The van der Waals surface area contributed by atoms with Gasteiger partial charge in [0.05, 0.1) is 0 Å². The molecule has 1 aliphatic carbocycles. The second kappa shape index (κ2) is 4.97. The van der Waals surface area contributed by atoms with Gasteiger partial charge in [-0.3, -0.25) is 0 Å². The van der Waals surface area contributed by atoms with E-state index in [1.165, 1.54) is 11.1 Å². The fraction of sp³-hybridized carbons (Fsp3) is 0.471. The summed E-state index contributed by atoms with van der Waals surface area (Å²) in [6.45, 7) is 2.66. The normalized spacial score (nSPS) is 21.1. The van der Waals surface area contributed by atoms with E-state index in [0.717, 1.165) is 54.2 Å². The van der Waals surface area contributed by atoms with Crippen LogP contribution in [0.2, 0.25) is 0 Å². The number of hydrogen-bond acceptors (Lipinski definition) is 4. The Labute approximate surface area is 122 Å². The molecule has 2 aliphatic rings. The molecule has 1 aromatic carbocycles. The van der Waals surface area contributed by atoms with Crippen molar-refractivity contribution in [3.05, 3.63) is 44.8 Å². The van der Waals surface area contributed by atoms with E-state index in [0.29, 0.717) is 6.61 Å². The molecule has 0 amide bonds. The fourth-order valence-corrected chi connectivity index (χ4v) is 3.48. The molecule has 0 radical (unpaired) electrons. The number of aryl methyl sites for hydroxylation is 2. The standard InChI is InChI=1S/C17H18O4/c1-10-6-11(8-12-9-19-21-12)16-13-4-2-3-5-14(13)17(18)20-15(16)7-10/h6-7,12H,2-5,8-9H2,1H3. The summed E-state index contributed by atoms with van der Waals surface area (Å²) in [4.78, 5) is 22.1. The SMILES string of the molecule is Cc1cc(CC2COO2)c2c3c(c(=O)oc2c1)CCCC3. The molecule has 1 saturated heterocycles. The first kappa shape index (κ1) is 13.0. The van der Waals surface area contributed by atoms with E-state index < -0.39 is 0 Å². The zero-order chi connectivity index (χ0) is 14.4. The third-order valence-corrected chi connectivity index (χ3v) is 4.45. The van der Waals surface area contributed by atoms with Crippen molar-refractivity contribution in [1.82, 2.24) is 0 Å². The maximum absolute atomic E-state index is 12.2. The lowest BCUT2D eigenvalue weighted by Gasteiger charge is -2.26. The van der Waals surface area contributed by atoms with Crippen molar-refractivity contribution in [2.45, 2.75) is 45.1 Å². The van der Waals surface area contributed by atoms with Gasteiger partial charge in [0.2, 0.25) is 0 Å². The third kappa shape index (κ3) is 2.19. The Morgan fingerprint density at radius 3 is 2.67 bits per heavy atom. The minimum absolute atomic E-state index is 0.112. The molecule has 0 N–H and O–H groups in total. The molecule has 2 heterocycles. The van der Waals surface area contributed by atoms with Crippen LogP contribution in [0.1, 0.15) is 35.1 Å². The van der Waals surface area contributed by atoms with Crippen LogP contribution < -0.4 is 5.63 Å². The maximum Gasteiger partial charge on any atom is 0.339 e. The summed E-state index contributed by atoms with van der Waals surface area (Å²) in [6.07, 6.45) is 4.94. The van der Waals surface area contributed by atoms with Crippen LogP contribution in [0.4, 0.5) is 0 Å². The van der Waals surface area contributed by atoms with E-state index in [4.69, 9.17) is 14.2 Å². The summed E-state index contributed by atoms with van der Waals surface area (Å²) >= 11 is 0. The van der Waals surface area contributed by atoms with Gasteiger partial charge in [0, 0.05) is 17.4 Å². The van der Waals surface area contributed by atoms with Gasteiger partial charge >= 0.3 is 5.63 Å². The summed E-state index contributed by atoms with van der Waals surface area (Å²) in [5.74, 6) is 0. The van der Waals surface area contributed by atoms with Gasteiger partial charge in [-0.05, 0) is 55.4 Å². The Morgan fingerprint density at radius 1 is 1.19 bits per heavy atom. The molecule has 0 saturated carbocycles. The Balaban J connectivity index is 1.96. The van der Waals surface area contributed by atoms with Crippen LogP contribution in [0, 0.1) is 6.92 Å². The van der Waals surface area contributed by atoms with Gasteiger partial charge < -0.3 is 4.42 Å². The summed E-state index contributed by atoms with van der Waals surface area (Å²) < 4.78 is 5.59. The van der Waals surface area contributed by atoms with Crippen molar-refractivity contribution >= 4 is 11.0 Å². The van der Waals surface area contributed by atoms with Gasteiger partial charge in [0.1, 0.15) is 18.3 Å². The van der Waals surface area contributed by atoms with Gasteiger partial charge in [-0.1, -0.05) is 6.07 Å². The average molecular weight is 286 g/mol. The number of hydrogen-bond donors (Lipinski definition) is 0. The lowest BCUT2D eigenvalue weighted by molar-refractivity contribution is -0.423. The second-order valence-corrected chi connectivity index (χ2v) is 6.06. The molecule has 1 fully saturated rings. The predicted octanol–water partition coefficient (Wildman–Crippen LogP) is 2.85. The highest BCUT2D eigenvalue weighted by Crippen LogP contribution is 2.31. The third-order valence-electron chi connectivity index (χ3n) is 4.45. The Kier molecular flexibility index (Phi) is 3.08. The highest BCUT2D eigenvalue weighted by Gasteiger charge is 2.25. The van der Waals surface area contributed by atoms with Crippen LogP contribution >= 0.6 is 0 Å². The summed E-state index contributed by atoms with van der Waals surface area (Å²) in [5, 5.41) is 1.13. The quantitative estimate of drug-likeness (QED) is 0.629. The van der Waals surface area contributed by atoms with Gasteiger partial charge in [-0.2, -0.15) is 0 Å². The van der Waals surface area contributed by atoms with Crippen molar-refractivity contribution in [1.29, 1.82) is 0 Å². The molecule has 1 unspecified atom stereocenters. The molecule has 1 aliphatic heterocycles. The molecular weight excluding hydrogens is 268 g/mol. The molecule has 2 aromatic rings. The Morgan fingerprint density at radius 2 is 1.95 bits per heavy atom. The summed E-state index contributed by atoms with van der Waals surface area (Å²) in [7, 11) is 0. The fourth-order valence-electron chi connectivity index (χ4n) is 3.48. The molecule has 21 heavy (non-hydrogen) atoms. The predicted molar refractivity (Wildman–Crippen MR) is 78.4 cm³/mol. The van der Waals surface area contributed by atoms with Gasteiger partial charge in [0.15, 0.2) is 0 Å². The zero-order valence-electron chi connectivity index (χ0n) is 12.1. The van der Waals surface area contributed by atoms with E-state index in [9.17, 15) is 4.79 Å². The van der Waals surface area contributed by atoms with Crippen LogP contribution in [0.3, 0.4) is 0 Å². The molecule has 4 heteroatoms. The van der Waals surface area contributed by atoms with Crippen molar-refractivity contribution in [3.8, 4) is 0 Å². The van der Waals surface area contributed by atoms with Crippen LogP contribution in [0.25, 0.3) is 11.0 Å². The van der Waals surface area contributed by atoms with Crippen LogP contribution in [-0.4, -0.2) is 12.7 Å². The first-order chi connectivity index (χ1) is 10.2. The molecule has 1 aromatic heterocycles. The van der Waals surface area contributed by atoms with Gasteiger partial charge in [-0.25, -0.2) is 14.6 Å². The summed E-state index contributed by atoms with van der Waals surface area (Å²) in [5.41, 5.74) is 4.96. The number of fused-ring (bicyclic) bond motifs is 3. The summed E-state index contributed by atoms with van der Waals surface area (Å²) in [6, 6.07) is 4.14. The van der Waals surface area contributed by atoms with Gasteiger partial charge in [0.25, 0.3) is 0 Å². The first-order valence-corrected chi connectivity index (χ1v) is 7.59. The lowest BCUT2D eigenvalue weighted by atomic mass is 9.87. The zero-order valence-corrected chi connectivity index (χ0v) is 12.1. The highest BCUT2D eigenvalue weighted by atomic mass is 17.2. The molecule has 4 nitrogen and oxygen atoms in total. The number of benzene rings is 1. The van der Waals surface area contributed by atoms with Crippen LogP contribution in [0.5, 0.6) is 0 Å².